The molecule has 2 unspecified atom stereocenters. The first-order valence-corrected chi connectivity index (χ1v) is 4.22. The van der Waals surface area contributed by atoms with Gasteiger partial charge < -0.3 is 4.74 Å². The molecule has 0 saturated heterocycles. The average molecular weight is 304 g/mol. The van der Waals surface area contributed by atoms with Crippen molar-refractivity contribution in [3.8, 4) is 0 Å². The van der Waals surface area contributed by atoms with E-state index in [1.807, 2.05) is 0 Å². The van der Waals surface area contributed by atoms with Crippen molar-refractivity contribution in [2.24, 2.45) is 0 Å². The molecule has 0 aliphatic rings. The van der Waals surface area contributed by atoms with Gasteiger partial charge in [0.15, 0.2) is 0 Å². The van der Waals surface area contributed by atoms with Crippen LogP contribution < -0.4 is 0 Å². The molecule has 19 heavy (non-hydrogen) atoms. The minimum atomic E-state index is -6.67. The summed E-state index contributed by atoms with van der Waals surface area (Å²) in [6.45, 7) is 2.62. The van der Waals surface area contributed by atoms with Crippen molar-refractivity contribution in [3.05, 3.63) is 12.7 Å². The van der Waals surface area contributed by atoms with E-state index in [4.69, 9.17) is 0 Å². The Kier molecular flexibility index (Phi) is 4.90. The Morgan fingerprint density at radius 1 is 1.05 bits per heavy atom. The van der Waals surface area contributed by atoms with Gasteiger partial charge in [-0.15, -0.1) is 0 Å². The molecule has 11 heteroatoms. The summed E-state index contributed by atoms with van der Waals surface area (Å²) in [6.07, 6.45) is -16.1. The monoisotopic (exact) mass is 304 g/mol. The summed E-state index contributed by atoms with van der Waals surface area (Å²) in [7, 11) is 0. The lowest BCUT2D eigenvalue weighted by Crippen LogP contribution is -2.56. The molecule has 0 rings (SSSR count). The third kappa shape index (κ3) is 3.53. The van der Waals surface area contributed by atoms with Crippen LogP contribution in [-0.4, -0.2) is 36.5 Å². The van der Waals surface area contributed by atoms with Crippen molar-refractivity contribution in [2.45, 2.75) is 30.6 Å². The van der Waals surface area contributed by atoms with Crippen LogP contribution in [0.4, 0.5) is 39.5 Å². The van der Waals surface area contributed by atoms with Crippen LogP contribution in [0.3, 0.4) is 0 Å². The molecule has 112 valence electrons. The predicted octanol–water partition coefficient (Wildman–Crippen LogP) is 3.18. The van der Waals surface area contributed by atoms with Crippen LogP contribution in [-0.2, 0) is 9.53 Å². The second kappa shape index (κ2) is 5.29. The van der Waals surface area contributed by atoms with E-state index in [0.29, 0.717) is 0 Å². The van der Waals surface area contributed by atoms with Crippen LogP contribution in [0.25, 0.3) is 0 Å². The summed E-state index contributed by atoms with van der Waals surface area (Å²) >= 11 is 0. The summed E-state index contributed by atoms with van der Waals surface area (Å²) < 4.78 is 113. The Labute approximate surface area is 99.4 Å². The quantitative estimate of drug-likeness (QED) is 0.443. The van der Waals surface area contributed by atoms with E-state index in [1.165, 1.54) is 0 Å². The van der Waals surface area contributed by atoms with Crippen molar-refractivity contribution in [3.63, 3.8) is 0 Å². The number of alkyl halides is 9. The molecule has 0 amide bonds. The van der Waals surface area contributed by atoms with Crippen molar-refractivity contribution in [2.75, 3.05) is 0 Å². The van der Waals surface area contributed by atoms with E-state index in [9.17, 15) is 44.3 Å². The minimum Gasteiger partial charge on any atom is -0.421 e. The maximum Gasteiger partial charge on any atom is 0.456 e. The molecular weight excluding hydrogens is 299 g/mol. The number of hydrogen-bond acceptors (Lipinski definition) is 2. The largest absolute Gasteiger partial charge is 0.456 e. The number of rotatable bonds is 5. The first kappa shape index (κ1) is 17.6. The molecular formula is C8H5F9O2. The van der Waals surface area contributed by atoms with Gasteiger partial charge in [-0.1, -0.05) is 6.58 Å². The van der Waals surface area contributed by atoms with Crippen molar-refractivity contribution in [1.82, 2.24) is 0 Å². The number of ether oxygens (including phenoxy) is 1. The summed E-state index contributed by atoms with van der Waals surface area (Å²) in [5, 5.41) is 0. The summed E-state index contributed by atoms with van der Waals surface area (Å²) in [5.74, 6) is -14.3. The van der Waals surface area contributed by atoms with Crippen LogP contribution in [0.5, 0.6) is 0 Å². The lowest BCUT2D eigenvalue weighted by atomic mass is 10.1. The summed E-state index contributed by atoms with van der Waals surface area (Å²) in [6, 6.07) is 0. The van der Waals surface area contributed by atoms with Gasteiger partial charge in [-0.3, -0.25) is 0 Å². The fourth-order valence-electron chi connectivity index (χ4n) is 0.729. The van der Waals surface area contributed by atoms with Gasteiger partial charge in [-0.25, -0.2) is 9.18 Å². The Hall–Kier alpha value is -1.42. The molecule has 0 radical (unpaired) electrons. The molecule has 0 aromatic heterocycles. The molecule has 0 bridgehead atoms. The zero-order valence-electron chi connectivity index (χ0n) is 8.66. The van der Waals surface area contributed by atoms with Crippen molar-refractivity contribution < 1.29 is 49.0 Å². The van der Waals surface area contributed by atoms with E-state index >= 15 is 0 Å². The topological polar surface area (TPSA) is 26.3 Å². The second-order valence-corrected chi connectivity index (χ2v) is 3.11. The zero-order chi connectivity index (χ0) is 15.6. The first-order chi connectivity index (χ1) is 8.28. The lowest BCUT2D eigenvalue weighted by molar-refractivity contribution is -0.342. The normalized spacial score (nSPS) is 16.7. The van der Waals surface area contributed by atoms with Crippen molar-refractivity contribution >= 4 is 5.97 Å². The number of carbonyl (C=O) groups is 1. The van der Waals surface area contributed by atoms with Gasteiger partial charge in [0.25, 0.3) is 0 Å². The number of halogens is 9. The smallest absolute Gasteiger partial charge is 0.421 e. The molecule has 0 spiro atoms. The van der Waals surface area contributed by atoms with Gasteiger partial charge >= 0.3 is 30.3 Å². The molecule has 0 aliphatic heterocycles. The lowest BCUT2D eigenvalue weighted by Gasteiger charge is -2.29. The van der Waals surface area contributed by atoms with Gasteiger partial charge in [0.1, 0.15) is 0 Å². The Morgan fingerprint density at radius 3 is 1.79 bits per heavy atom. The first-order valence-electron chi connectivity index (χ1n) is 4.22. The molecule has 0 saturated carbocycles. The summed E-state index contributed by atoms with van der Waals surface area (Å²) in [4.78, 5) is 10.3. The van der Waals surface area contributed by atoms with Crippen LogP contribution >= 0.6 is 0 Å². The molecule has 0 heterocycles. The van der Waals surface area contributed by atoms with Gasteiger partial charge in [-0.2, -0.15) is 35.1 Å². The third-order valence-corrected chi connectivity index (χ3v) is 1.72. The minimum absolute atomic E-state index is 0.123. The second-order valence-electron chi connectivity index (χ2n) is 3.11. The number of carbonyl (C=O) groups excluding carboxylic acids is 1. The predicted molar refractivity (Wildman–Crippen MR) is 42.0 cm³/mol. The standard InChI is InChI=1S/C8H5F9O2/c1-2-3(18)19-5(10)6(11,12)4(9)7(13,14)8(15,16)17/h2,4-5H,1H2. The SMILES string of the molecule is C=CC(=O)OC(F)C(F)(F)C(F)C(F)(F)C(F)(F)F. The van der Waals surface area contributed by atoms with Crippen LogP contribution in [0, 0.1) is 0 Å². The van der Waals surface area contributed by atoms with Gasteiger partial charge in [0.2, 0.25) is 6.17 Å². The number of esters is 1. The Balaban J connectivity index is 5.19. The molecule has 0 N–H and O–H groups in total. The maximum atomic E-state index is 12.7. The Bertz CT molecular complexity index is 349. The fourth-order valence-corrected chi connectivity index (χ4v) is 0.729. The van der Waals surface area contributed by atoms with Gasteiger partial charge in [0, 0.05) is 6.08 Å². The van der Waals surface area contributed by atoms with Crippen molar-refractivity contribution in [1.29, 1.82) is 0 Å². The van der Waals surface area contributed by atoms with Crippen LogP contribution in [0.2, 0.25) is 0 Å². The highest BCUT2D eigenvalue weighted by Gasteiger charge is 2.72. The molecule has 0 aromatic carbocycles. The van der Waals surface area contributed by atoms with E-state index < -0.39 is 36.5 Å². The van der Waals surface area contributed by atoms with Gasteiger partial charge in [-0.05, 0) is 0 Å². The van der Waals surface area contributed by atoms with Crippen LogP contribution in [0.15, 0.2) is 12.7 Å². The van der Waals surface area contributed by atoms with Gasteiger partial charge in [0.05, 0.1) is 0 Å². The highest BCUT2D eigenvalue weighted by molar-refractivity contribution is 5.81. The highest BCUT2D eigenvalue weighted by atomic mass is 19.4. The van der Waals surface area contributed by atoms with Crippen LogP contribution in [0.1, 0.15) is 0 Å². The van der Waals surface area contributed by atoms with E-state index in [-0.39, 0.29) is 6.08 Å². The Morgan fingerprint density at radius 2 is 1.47 bits per heavy atom. The van der Waals surface area contributed by atoms with E-state index in [2.05, 4.69) is 11.3 Å². The maximum absolute atomic E-state index is 12.7. The average Bonchev–Trinajstić information content (AvgIpc) is 2.25. The van der Waals surface area contributed by atoms with E-state index in [1.54, 1.807) is 0 Å². The molecule has 0 aliphatic carbocycles. The molecule has 0 aromatic rings. The molecule has 2 nitrogen and oxygen atoms in total. The zero-order valence-corrected chi connectivity index (χ0v) is 8.66. The number of hydrogen-bond donors (Lipinski definition) is 0. The third-order valence-electron chi connectivity index (χ3n) is 1.72. The van der Waals surface area contributed by atoms with E-state index in [0.717, 1.165) is 0 Å². The summed E-state index contributed by atoms with van der Waals surface area (Å²) in [5.41, 5.74) is 0. The molecule has 0 fully saturated rings. The highest BCUT2D eigenvalue weighted by Crippen LogP contribution is 2.46. The molecule has 2 atom stereocenters. The fraction of sp³-hybridized carbons (Fsp3) is 0.625.